The zero-order chi connectivity index (χ0) is 11.5. The van der Waals surface area contributed by atoms with E-state index in [-0.39, 0.29) is 5.82 Å². The summed E-state index contributed by atoms with van der Waals surface area (Å²) in [6.45, 7) is 3.63. The van der Waals surface area contributed by atoms with Gasteiger partial charge in [-0.1, -0.05) is 30.3 Å². The fourth-order valence-electron chi connectivity index (χ4n) is 1.38. The fourth-order valence-corrected chi connectivity index (χ4v) is 1.55. The monoisotopic (exact) mass is 233 g/mol. The van der Waals surface area contributed by atoms with Crippen LogP contribution < -0.4 is 0 Å². The summed E-state index contributed by atoms with van der Waals surface area (Å²) < 4.78 is 13.5. The summed E-state index contributed by atoms with van der Waals surface area (Å²) in [4.78, 5) is 4.15. The van der Waals surface area contributed by atoms with Crippen molar-refractivity contribution >= 4 is 17.7 Å². The van der Waals surface area contributed by atoms with Gasteiger partial charge in [0.25, 0.3) is 0 Å². The number of benzene rings is 1. The maximum Gasteiger partial charge on any atom is 0.132 e. The first-order valence-corrected chi connectivity index (χ1v) is 5.12. The third-order valence-electron chi connectivity index (χ3n) is 2.23. The maximum absolute atomic E-state index is 13.5. The summed E-state index contributed by atoms with van der Waals surface area (Å²) in [6.07, 6.45) is 3.33. The molecule has 0 aliphatic carbocycles. The second-order valence-corrected chi connectivity index (χ2v) is 3.74. The number of pyridine rings is 1. The van der Waals surface area contributed by atoms with Gasteiger partial charge in [0.05, 0.1) is 5.69 Å². The molecule has 1 nitrogen and oxygen atoms in total. The molecule has 0 amide bonds. The van der Waals surface area contributed by atoms with E-state index in [4.69, 9.17) is 11.6 Å². The molecule has 0 saturated heterocycles. The van der Waals surface area contributed by atoms with Crippen LogP contribution in [0.1, 0.15) is 5.56 Å². The molecular weight excluding hydrogens is 225 g/mol. The van der Waals surface area contributed by atoms with Gasteiger partial charge < -0.3 is 0 Å². The molecule has 1 heterocycles. The topological polar surface area (TPSA) is 12.9 Å². The smallest absolute Gasteiger partial charge is 0.132 e. The molecule has 0 radical (unpaired) electrons. The Hall–Kier alpha value is -1.67. The second kappa shape index (κ2) is 4.45. The Kier molecular flexibility index (Phi) is 3.02. The van der Waals surface area contributed by atoms with Crippen molar-refractivity contribution in [3.05, 3.63) is 59.5 Å². The highest BCUT2D eigenvalue weighted by Gasteiger charge is 2.06. The van der Waals surface area contributed by atoms with E-state index in [0.29, 0.717) is 16.3 Å². The van der Waals surface area contributed by atoms with Crippen LogP contribution in [0.2, 0.25) is 5.02 Å². The summed E-state index contributed by atoms with van der Waals surface area (Å²) in [5.74, 6) is -0.330. The molecule has 1 aromatic carbocycles. The lowest BCUT2D eigenvalue weighted by molar-refractivity contribution is 0.631. The van der Waals surface area contributed by atoms with E-state index >= 15 is 0 Å². The zero-order valence-electron chi connectivity index (χ0n) is 8.45. The zero-order valence-corrected chi connectivity index (χ0v) is 9.21. The highest BCUT2D eigenvalue weighted by atomic mass is 35.5. The van der Waals surface area contributed by atoms with Crippen LogP contribution in [0.5, 0.6) is 0 Å². The Bertz CT molecular complexity index is 520. The molecule has 2 aromatic rings. The molecule has 2 rings (SSSR count). The fraction of sp³-hybridized carbons (Fsp3) is 0. The van der Waals surface area contributed by atoms with Crippen molar-refractivity contribution in [2.45, 2.75) is 0 Å². The molecule has 3 heteroatoms. The van der Waals surface area contributed by atoms with Gasteiger partial charge in [-0.25, -0.2) is 4.39 Å². The molecule has 1 aromatic heterocycles. The van der Waals surface area contributed by atoms with E-state index in [1.54, 1.807) is 24.4 Å². The van der Waals surface area contributed by atoms with Crippen molar-refractivity contribution in [3.8, 4) is 11.3 Å². The summed E-state index contributed by atoms with van der Waals surface area (Å²) in [5.41, 5.74) is 1.86. The van der Waals surface area contributed by atoms with Crippen LogP contribution in [-0.2, 0) is 0 Å². The van der Waals surface area contributed by atoms with Crippen LogP contribution in [0.3, 0.4) is 0 Å². The van der Waals surface area contributed by atoms with E-state index in [2.05, 4.69) is 11.6 Å². The van der Waals surface area contributed by atoms with Gasteiger partial charge in [0.1, 0.15) is 5.82 Å². The normalized spacial score (nSPS) is 10.1. The minimum Gasteiger partial charge on any atom is -0.256 e. The number of hydrogen-bond acceptors (Lipinski definition) is 1. The first-order valence-electron chi connectivity index (χ1n) is 4.74. The van der Waals surface area contributed by atoms with Gasteiger partial charge in [-0.2, -0.15) is 0 Å². The number of halogens is 2. The van der Waals surface area contributed by atoms with E-state index in [1.165, 1.54) is 12.1 Å². The second-order valence-electron chi connectivity index (χ2n) is 3.31. The van der Waals surface area contributed by atoms with Crippen molar-refractivity contribution < 1.29 is 4.39 Å². The number of hydrogen-bond donors (Lipinski definition) is 0. The first kappa shape index (κ1) is 10.8. The average molecular weight is 234 g/mol. The minimum absolute atomic E-state index is 0.330. The van der Waals surface area contributed by atoms with Gasteiger partial charge in [-0.3, -0.25) is 4.98 Å². The lowest BCUT2D eigenvalue weighted by atomic mass is 10.1. The van der Waals surface area contributed by atoms with Crippen molar-refractivity contribution in [2.24, 2.45) is 0 Å². The van der Waals surface area contributed by atoms with Crippen molar-refractivity contribution in [2.75, 3.05) is 0 Å². The van der Waals surface area contributed by atoms with Crippen molar-refractivity contribution in [1.29, 1.82) is 0 Å². The van der Waals surface area contributed by atoms with Crippen LogP contribution in [0.15, 0.2) is 43.1 Å². The quantitative estimate of drug-likeness (QED) is 0.758. The highest BCUT2D eigenvalue weighted by molar-refractivity contribution is 6.30. The Morgan fingerprint density at radius 1 is 1.25 bits per heavy atom. The van der Waals surface area contributed by atoms with Crippen LogP contribution in [0.25, 0.3) is 17.3 Å². The van der Waals surface area contributed by atoms with Gasteiger partial charge in [-0.05, 0) is 29.8 Å². The highest BCUT2D eigenvalue weighted by Crippen LogP contribution is 2.24. The standard InChI is InChI=1S/C13H9ClFN/c1-2-9-3-6-13(16-8-9)11-7-10(14)4-5-12(11)15/h2-8H,1H2. The van der Waals surface area contributed by atoms with Gasteiger partial charge in [0.15, 0.2) is 0 Å². The molecule has 0 spiro atoms. The first-order chi connectivity index (χ1) is 7.70. The van der Waals surface area contributed by atoms with Crippen LogP contribution in [0, 0.1) is 5.82 Å². The van der Waals surface area contributed by atoms with Crippen molar-refractivity contribution in [1.82, 2.24) is 4.98 Å². The molecule has 0 unspecified atom stereocenters. The molecule has 0 N–H and O–H groups in total. The van der Waals surface area contributed by atoms with Crippen molar-refractivity contribution in [3.63, 3.8) is 0 Å². The van der Waals surface area contributed by atoms with E-state index in [9.17, 15) is 4.39 Å². The summed E-state index contributed by atoms with van der Waals surface area (Å²) >= 11 is 5.81. The Morgan fingerprint density at radius 3 is 2.69 bits per heavy atom. The molecule has 0 atom stereocenters. The van der Waals surface area contributed by atoms with Gasteiger partial charge in [0, 0.05) is 16.8 Å². The van der Waals surface area contributed by atoms with E-state index in [0.717, 1.165) is 5.56 Å². The van der Waals surface area contributed by atoms with Gasteiger partial charge in [0.2, 0.25) is 0 Å². The molecule has 0 saturated carbocycles. The lowest BCUT2D eigenvalue weighted by Crippen LogP contribution is -1.88. The summed E-state index contributed by atoms with van der Waals surface area (Å²) in [6, 6.07) is 7.98. The largest absolute Gasteiger partial charge is 0.256 e. The Morgan fingerprint density at radius 2 is 2.06 bits per heavy atom. The van der Waals surface area contributed by atoms with Crippen LogP contribution in [-0.4, -0.2) is 4.98 Å². The number of nitrogens with zero attached hydrogens (tertiary/aromatic N) is 1. The number of rotatable bonds is 2. The predicted molar refractivity (Wildman–Crippen MR) is 64.7 cm³/mol. The molecule has 80 valence electrons. The molecule has 0 fully saturated rings. The molecular formula is C13H9ClFN. The lowest BCUT2D eigenvalue weighted by Gasteiger charge is -2.03. The number of aromatic nitrogens is 1. The molecule has 0 aliphatic rings. The minimum atomic E-state index is -0.330. The van der Waals surface area contributed by atoms with Gasteiger partial charge >= 0.3 is 0 Å². The summed E-state index contributed by atoms with van der Waals surface area (Å²) in [7, 11) is 0. The van der Waals surface area contributed by atoms with E-state index in [1.807, 2.05) is 6.07 Å². The Balaban J connectivity index is 2.49. The third kappa shape index (κ3) is 2.12. The molecule has 16 heavy (non-hydrogen) atoms. The van der Waals surface area contributed by atoms with E-state index < -0.39 is 0 Å². The van der Waals surface area contributed by atoms with Crippen LogP contribution >= 0.6 is 11.6 Å². The third-order valence-corrected chi connectivity index (χ3v) is 2.46. The Labute approximate surface area is 98.2 Å². The molecule has 0 bridgehead atoms. The summed E-state index contributed by atoms with van der Waals surface area (Å²) in [5, 5.41) is 0.492. The SMILES string of the molecule is C=Cc1ccc(-c2cc(Cl)ccc2F)nc1. The molecule has 0 aliphatic heterocycles. The van der Waals surface area contributed by atoms with Crippen LogP contribution in [0.4, 0.5) is 4.39 Å². The maximum atomic E-state index is 13.5. The van der Waals surface area contributed by atoms with Gasteiger partial charge in [-0.15, -0.1) is 0 Å². The average Bonchev–Trinajstić information content (AvgIpc) is 2.32. The predicted octanol–water partition coefficient (Wildman–Crippen LogP) is 4.18.